The maximum Gasteiger partial charge on any atom is 0.0889 e. The molecule has 3 aromatic rings. The molecule has 0 radical (unpaired) electrons. The molecule has 1 N–H and O–H groups in total. The Morgan fingerprint density at radius 2 is 1.85 bits per heavy atom. The molecule has 2 aromatic carbocycles. The Balaban J connectivity index is 1.80. The lowest BCUT2D eigenvalue weighted by atomic mass is 10.0. The minimum Gasteiger partial charge on any atom is -0.388 e. The fourth-order valence-electron chi connectivity index (χ4n) is 2.22. The number of hydrogen-bond donors (Lipinski definition) is 1. The predicted molar refractivity (Wildman–Crippen MR) is 83.9 cm³/mol. The Hall–Kier alpha value is -1.84. The van der Waals surface area contributed by atoms with E-state index in [4.69, 9.17) is 0 Å². The molecule has 20 heavy (non-hydrogen) atoms. The number of rotatable bonds is 4. The molecule has 0 aliphatic rings. The third-order valence-corrected chi connectivity index (χ3v) is 4.31. The molecule has 0 aliphatic heterocycles. The van der Waals surface area contributed by atoms with Crippen molar-refractivity contribution in [1.29, 1.82) is 0 Å². The number of aliphatic hydroxyl groups excluding tert-OH is 1. The van der Waals surface area contributed by atoms with Crippen LogP contribution in [0.25, 0.3) is 10.8 Å². The van der Waals surface area contributed by atoms with Crippen molar-refractivity contribution in [3.63, 3.8) is 0 Å². The van der Waals surface area contributed by atoms with Crippen LogP contribution in [0, 0.1) is 0 Å². The number of nitrogens with zero attached hydrogens (tertiary/aromatic N) is 1. The molecule has 3 rings (SSSR count). The fraction of sp³-hybridized carbons (Fsp3) is 0.118. The summed E-state index contributed by atoms with van der Waals surface area (Å²) in [6.45, 7) is 0. The number of hydrogen-bond acceptors (Lipinski definition) is 3. The van der Waals surface area contributed by atoms with E-state index in [1.807, 2.05) is 48.7 Å². The average Bonchev–Trinajstić information content (AvgIpc) is 2.53. The highest BCUT2D eigenvalue weighted by atomic mass is 32.2. The molecule has 0 aliphatic carbocycles. The van der Waals surface area contributed by atoms with Crippen LogP contribution in [-0.4, -0.2) is 15.8 Å². The third kappa shape index (κ3) is 2.84. The van der Waals surface area contributed by atoms with E-state index in [1.165, 1.54) is 4.90 Å². The molecule has 0 fully saturated rings. The summed E-state index contributed by atoms with van der Waals surface area (Å²) in [6, 6.07) is 18.1. The van der Waals surface area contributed by atoms with Gasteiger partial charge in [-0.2, -0.15) is 0 Å². The van der Waals surface area contributed by atoms with Gasteiger partial charge in [-0.05, 0) is 29.1 Å². The van der Waals surface area contributed by atoms with Gasteiger partial charge < -0.3 is 5.11 Å². The summed E-state index contributed by atoms with van der Waals surface area (Å²) in [6.07, 6.45) is 3.12. The van der Waals surface area contributed by atoms with E-state index in [9.17, 15) is 5.11 Å². The van der Waals surface area contributed by atoms with Crippen molar-refractivity contribution in [3.05, 3.63) is 72.6 Å². The summed E-state index contributed by atoms with van der Waals surface area (Å²) < 4.78 is 0. The quantitative estimate of drug-likeness (QED) is 0.732. The standard InChI is InChI=1S/C17H15NOS/c19-17(12-20-14-6-2-1-3-7-14)16-8-4-5-13-11-18-10-9-15(13)16/h1-11,17,19H,12H2. The second-order valence-corrected chi connectivity index (χ2v) is 5.68. The predicted octanol–water partition coefficient (Wildman–Crippen LogP) is 4.06. The van der Waals surface area contributed by atoms with Crippen molar-refractivity contribution in [2.45, 2.75) is 11.0 Å². The second kappa shape index (κ2) is 6.07. The Labute approximate surface area is 122 Å². The lowest BCUT2D eigenvalue weighted by Crippen LogP contribution is -2.01. The monoisotopic (exact) mass is 281 g/mol. The van der Waals surface area contributed by atoms with Gasteiger partial charge in [-0.15, -0.1) is 11.8 Å². The Morgan fingerprint density at radius 3 is 2.70 bits per heavy atom. The zero-order valence-corrected chi connectivity index (χ0v) is 11.8. The van der Waals surface area contributed by atoms with Gasteiger partial charge in [0.2, 0.25) is 0 Å². The van der Waals surface area contributed by atoms with E-state index in [-0.39, 0.29) is 0 Å². The number of aliphatic hydroxyl groups is 1. The summed E-state index contributed by atoms with van der Waals surface area (Å²) >= 11 is 1.67. The van der Waals surface area contributed by atoms with Crippen molar-refractivity contribution >= 4 is 22.5 Å². The van der Waals surface area contributed by atoms with E-state index in [0.29, 0.717) is 5.75 Å². The Kier molecular flexibility index (Phi) is 4.00. The first-order chi connectivity index (χ1) is 9.84. The summed E-state index contributed by atoms with van der Waals surface area (Å²) in [5.74, 6) is 0.644. The van der Waals surface area contributed by atoms with Crippen LogP contribution >= 0.6 is 11.8 Å². The van der Waals surface area contributed by atoms with Crippen LogP contribution in [0.1, 0.15) is 11.7 Å². The minimum absolute atomic E-state index is 0.480. The van der Waals surface area contributed by atoms with Crippen LogP contribution in [0.3, 0.4) is 0 Å². The van der Waals surface area contributed by atoms with E-state index in [1.54, 1.807) is 18.0 Å². The summed E-state index contributed by atoms with van der Waals surface area (Å²) in [7, 11) is 0. The molecular formula is C17H15NOS. The molecule has 1 atom stereocenters. The number of thioether (sulfide) groups is 1. The zero-order valence-electron chi connectivity index (χ0n) is 10.9. The summed E-state index contributed by atoms with van der Waals surface area (Å²) in [5.41, 5.74) is 0.966. The number of fused-ring (bicyclic) bond motifs is 1. The Bertz CT molecular complexity index is 694. The number of pyridine rings is 1. The van der Waals surface area contributed by atoms with Crippen LogP contribution in [0.2, 0.25) is 0 Å². The first kappa shape index (κ1) is 13.2. The lowest BCUT2D eigenvalue weighted by molar-refractivity contribution is 0.205. The molecule has 1 heterocycles. The molecule has 1 unspecified atom stereocenters. The van der Waals surface area contributed by atoms with Gasteiger partial charge in [0.15, 0.2) is 0 Å². The maximum absolute atomic E-state index is 10.4. The average molecular weight is 281 g/mol. The van der Waals surface area contributed by atoms with Gasteiger partial charge in [0, 0.05) is 28.4 Å². The largest absolute Gasteiger partial charge is 0.388 e. The highest BCUT2D eigenvalue weighted by Crippen LogP contribution is 2.28. The van der Waals surface area contributed by atoms with E-state index in [2.05, 4.69) is 17.1 Å². The Morgan fingerprint density at radius 1 is 1.00 bits per heavy atom. The van der Waals surface area contributed by atoms with Gasteiger partial charge in [-0.1, -0.05) is 36.4 Å². The van der Waals surface area contributed by atoms with Crippen molar-refractivity contribution in [3.8, 4) is 0 Å². The van der Waals surface area contributed by atoms with E-state index >= 15 is 0 Å². The van der Waals surface area contributed by atoms with Crippen molar-refractivity contribution in [2.24, 2.45) is 0 Å². The molecule has 0 spiro atoms. The molecule has 2 nitrogen and oxygen atoms in total. The molecule has 0 saturated carbocycles. The van der Waals surface area contributed by atoms with Crippen LogP contribution < -0.4 is 0 Å². The molecule has 3 heteroatoms. The highest BCUT2D eigenvalue weighted by Gasteiger charge is 2.11. The molecule has 0 amide bonds. The van der Waals surface area contributed by atoms with Crippen LogP contribution in [-0.2, 0) is 0 Å². The van der Waals surface area contributed by atoms with Crippen LogP contribution in [0.5, 0.6) is 0 Å². The molecule has 0 bridgehead atoms. The van der Waals surface area contributed by atoms with Gasteiger partial charge in [-0.3, -0.25) is 4.98 Å². The van der Waals surface area contributed by atoms with Gasteiger partial charge >= 0.3 is 0 Å². The molecular weight excluding hydrogens is 266 g/mol. The first-order valence-corrected chi connectivity index (χ1v) is 7.52. The molecule has 100 valence electrons. The van der Waals surface area contributed by atoms with Crippen molar-refractivity contribution in [2.75, 3.05) is 5.75 Å². The number of aromatic nitrogens is 1. The normalized spacial score (nSPS) is 12.4. The molecule has 1 aromatic heterocycles. The van der Waals surface area contributed by atoms with Gasteiger partial charge in [-0.25, -0.2) is 0 Å². The number of benzene rings is 2. The minimum atomic E-state index is -0.480. The molecule has 0 saturated heterocycles. The zero-order chi connectivity index (χ0) is 13.8. The lowest BCUT2D eigenvalue weighted by Gasteiger charge is -2.13. The SMILES string of the molecule is OC(CSc1ccccc1)c1cccc2cnccc12. The topological polar surface area (TPSA) is 33.1 Å². The van der Waals surface area contributed by atoms with E-state index < -0.39 is 6.10 Å². The van der Waals surface area contributed by atoms with Gasteiger partial charge in [0.05, 0.1) is 6.10 Å². The van der Waals surface area contributed by atoms with Crippen molar-refractivity contribution in [1.82, 2.24) is 4.98 Å². The van der Waals surface area contributed by atoms with Gasteiger partial charge in [0.25, 0.3) is 0 Å². The second-order valence-electron chi connectivity index (χ2n) is 4.58. The van der Waals surface area contributed by atoms with E-state index in [0.717, 1.165) is 16.3 Å². The fourth-order valence-corrected chi connectivity index (χ4v) is 3.10. The summed E-state index contributed by atoms with van der Waals surface area (Å²) in [5, 5.41) is 12.6. The highest BCUT2D eigenvalue weighted by molar-refractivity contribution is 7.99. The third-order valence-electron chi connectivity index (χ3n) is 3.22. The maximum atomic E-state index is 10.4. The first-order valence-electron chi connectivity index (χ1n) is 6.53. The van der Waals surface area contributed by atoms with Crippen molar-refractivity contribution < 1.29 is 5.11 Å². The van der Waals surface area contributed by atoms with Crippen LogP contribution in [0.4, 0.5) is 0 Å². The van der Waals surface area contributed by atoms with Gasteiger partial charge in [0.1, 0.15) is 0 Å². The van der Waals surface area contributed by atoms with Crippen LogP contribution in [0.15, 0.2) is 71.9 Å². The summed E-state index contributed by atoms with van der Waals surface area (Å²) in [4.78, 5) is 5.29. The smallest absolute Gasteiger partial charge is 0.0889 e.